The van der Waals surface area contributed by atoms with Gasteiger partial charge in [-0.1, -0.05) is 13.8 Å². The second-order valence-electron chi connectivity index (χ2n) is 2.97. The molecule has 0 aliphatic rings. The van der Waals surface area contributed by atoms with Gasteiger partial charge in [-0.05, 0) is 25.3 Å². The van der Waals surface area contributed by atoms with Gasteiger partial charge in [-0.25, -0.2) is 0 Å². The molecule has 0 aliphatic carbocycles. The maximum absolute atomic E-state index is 5.71. The van der Waals surface area contributed by atoms with E-state index in [9.17, 15) is 0 Å². The fraction of sp³-hybridized carbons (Fsp3) is 1.00. The molecule has 0 heterocycles. The molecule has 0 aromatic rings. The van der Waals surface area contributed by atoms with Crippen LogP contribution in [0.15, 0.2) is 0 Å². The summed E-state index contributed by atoms with van der Waals surface area (Å²) in [4.78, 5) is 0. The molecule has 4 N–H and O–H groups in total. The monoisotopic (exact) mass is 130 g/mol. The first-order valence-corrected chi connectivity index (χ1v) is 3.62. The number of nitrogens with two attached hydrogens (primary N) is 2. The first-order valence-electron chi connectivity index (χ1n) is 3.62. The van der Waals surface area contributed by atoms with Gasteiger partial charge in [0.25, 0.3) is 0 Å². The van der Waals surface area contributed by atoms with Crippen LogP contribution < -0.4 is 11.5 Å². The van der Waals surface area contributed by atoms with Crippen molar-refractivity contribution in [2.75, 3.05) is 6.54 Å². The zero-order valence-corrected chi connectivity index (χ0v) is 6.43. The molecule has 0 saturated carbocycles. The number of rotatable bonds is 4. The normalized spacial score (nSPS) is 14.3. The summed E-state index contributed by atoms with van der Waals surface area (Å²) in [5.74, 6) is 0.701. The Labute approximate surface area is 57.6 Å². The Morgan fingerprint density at radius 3 is 2.22 bits per heavy atom. The molecule has 0 amide bonds. The van der Waals surface area contributed by atoms with Crippen molar-refractivity contribution in [1.82, 2.24) is 0 Å². The summed E-state index contributed by atoms with van der Waals surface area (Å²) >= 11 is 0. The molecular weight excluding hydrogens is 112 g/mol. The standard InChI is InChI=1S/C7H18N2/c1-6(2)5-7(9)3-4-8/h6-7H,3-5,8-9H2,1-2H3/t7-/m0/s1. The number of hydrogen-bond acceptors (Lipinski definition) is 2. The van der Waals surface area contributed by atoms with Crippen LogP contribution in [0.25, 0.3) is 0 Å². The molecule has 2 nitrogen and oxygen atoms in total. The predicted molar refractivity (Wildman–Crippen MR) is 41.1 cm³/mol. The molecule has 0 aromatic heterocycles. The second-order valence-corrected chi connectivity index (χ2v) is 2.97. The van der Waals surface area contributed by atoms with Gasteiger partial charge in [-0.15, -0.1) is 0 Å². The van der Waals surface area contributed by atoms with Gasteiger partial charge in [0.05, 0.1) is 0 Å². The largest absolute Gasteiger partial charge is 0.330 e. The quantitative estimate of drug-likeness (QED) is 0.589. The minimum absolute atomic E-state index is 0.315. The molecule has 0 spiro atoms. The third-order valence-corrected chi connectivity index (χ3v) is 1.31. The summed E-state index contributed by atoms with van der Waals surface area (Å²) < 4.78 is 0. The van der Waals surface area contributed by atoms with E-state index in [-0.39, 0.29) is 0 Å². The van der Waals surface area contributed by atoms with Crippen molar-refractivity contribution in [1.29, 1.82) is 0 Å². The molecule has 2 heteroatoms. The van der Waals surface area contributed by atoms with E-state index in [2.05, 4.69) is 13.8 Å². The summed E-state index contributed by atoms with van der Waals surface area (Å²) in [6, 6.07) is 0.315. The molecule has 0 bridgehead atoms. The molecule has 0 saturated heterocycles. The zero-order valence-electron chi connectivity index (χ0n) is 6.43. The fourth-order valence-corrected chi connectivity index (χ4v) is 0.937. The molecule has 0 radical (unpaired) electrons. The Kier molecular flexibility index (Phi) is 4.72. The van der Waals surface area contributed by atoms with Crippen molar-refractivity contribution in [3.63, 3.8) is 0 Å². The molecule has 0 rings (SSSR count). The lowest BCUT2D eigenvalue weighted by atomic mass is 10.0. The van der Waals surface area contributed by atoms with Crippen LogP contribution in [-0.4, -0.2) is 12.6 Å². The number of hydrogen-bond donors (Lipinski definition) is 2. The van der Waals surface area contributed by atoms with Crippen LogP contribution in [0, 0.1) is 5.92 Å². The molecular formula is C7H18N2. The zero-order chi connectivity index (χ0) is 7.28. The Morgan fingerprint density at radius 2 is 1.89 bits per heavy atom. The third-order valence-electron chi connectivity index (χ3n) is 1.31. The van der Waals surface area contributed by atoms with Crippen molar-refractivity contribution in [3.8, 4) is 0 Å². The van der Waals surface area contributed by atoms with Gasteiger partial charge in [0, 0.05) is 6.04 Å². The molecule has 0 unspecified atom stereocenters. The minimum Gasteiger partial charge on any atom is -0.330 e. The van der Waals surface area contributed by atoms with Crippen LogP contribution >= 0.6 is 0 Å². The van der Waals surface area contributed by atoms with E-state index in [1.54, 1.807) is 0 Å². The first-order chi connectivity index (χ1) is 4.16. The molecule has 0 aromatic carbocycles. The summed E-state index contributed by atoms with van der Waals surface area (Å²) in [6.07, 6.45) is 2.05. The highest BCUT2D eigenvalue weighted by atomic mass is 14.6. The average molecular weight is 130 g/mol. The van der Waals surface area contributed by atoms with E-state index in [0.29, 0.717) is 18.5 Å². The van der Waals surface area contributed by atoms with Crippen LogP contribution in [0.3, 0.4) is 0 Å². The van der Waals surface area contributed by atoms with Crippen LogP contribution in [0.2, 0.25) is 0 Å². The second kappa shape index (κ2) is 4.77. The maximum Gasteiger partial charge on any atom is 0.00532 e. The van der Waals surface area contributed by atoms with Gasteiger partial charge in [0.1, 0.15) is 0 Å². The van der Waals surface area contributed by atoms with Crippen LogP contribution in [0.1, 0.15) is 26.7 Å². The Hall–Kier alpha value is -0.0800. The topological polar surface area (TPSA) is 52.0 Å². The van der Waals surface area contributed by atoms with Crippen molar-refractivity contribution >= 4 is 0 Å². The lowest BCUT2D eigenvalue weighted by Crippen LogP contribution is -2.25. The third kappa shape index (κ3) is 5.80. The first kappa shape index (κ1) is 8.92. The molecule has 0 fully saturated rings. The SMILES string of the molecule is CC(C)C[C@@H](N)CCN. The van der Waals surface area contributed by atoms with Crippen LogP contribution in [0.4, 0.5) is 0 Å². The van der Waals surface area contributed by atoms with Crippen molar-refractivity contribution < 1.29 is 0 Å². The summed E-state index contributed by atoms with van der Waals surface area (Å²) in [5.41, 5.74) is 11.0. The van der Waals surface area contributed by atoms with Crippen molar-refractivity contribution in [2.24, 2.45) is 17.4 Å². The Balaban J connectivity index is 3.15. The van der Waals surface area contributed by atoms with E-state index in [1.807, 2.05) is 0 Å². The van der Waals surface area contributed by atoms with Gasteiger partial charge in [-0.2, -0.15) is 0 Å². The van der Waals surface area contributed by atoms with Crippen molar-refractivity contribution in [3.05, 3.63) is 0 Å². The summed E-state index contributed by atoms with van der Waals surface area (Å²) in [5, 5.41) is 0. The summed E-state index contributed by atoms with van der Waals surface area (Å²) in [7, 11) is 0. The van der Waals surface area contributed by atoms with Crippen LogP contribution in [-0.2, 0) is 0 Å². The van der Waals surface area contributed by atoms with E-state index in [4.69, 9.17) is 11.5 Å². The highest BCUT2D eigenvalue weighted by molar-refractivity contribution is 4.62. The molecule has 9 heavy (non-hydrogen) atoms. The van der Waals surface area contributed by atoms with E-state index in [0.717, 1.165) is 12.8 Å². The molecule has 1 atom stereocenters. The van der Waals surface area contributed by atoms with Gasteiger partial charge in [0.2, 0.25) is 0 Å². The molecule has 0 aliphatic heterocycles. The predicted octanol–water partition coefficient (Wildman–Crippen LogP) is 0.709. The highest BCUT2D eigenvalue weighted by Crippen LogP contribution is 2.03. The van der Waals surface area contributed by atoms with Crippen molar-refractivity contribution in [2.45, 2.75) is 32.7 Å². The van der Waals surface area contributed by atoms with Crippen LogP contribution in [0.5, 0.6) is 0 Å². The lowest BCUT2D eigenvalue weighted by molar-refractivity contribution is 0.477. The molecule has 56 valence electrons. The van der Waals surface area contributed by atoms with Gasteiger partial charge in [-0.3, -0.25) is 0 Å². The minimum atomic E-state index is 0.315. The van der Waals surface area contributed by atoms with Gasteiger partial charge >= 0.3 is 0 Å². The highest BCUT2D eigenvalue weighted by Gasteiger charge is 2.02. The Bertz CT molecular complexity index is 61.9. The maximum atomic E-state index is 5.71. The lowest BCUT2D eigenvalue weighted by Gasteiger charge is -2.11. The van der Waals surface area contributed by atoms with E-state index in [1.165, 1.54) is 0 Å². The van der Waals surface area contributed by atoms with Gasteiger partial charge < -0.3 is 11.5 Å². The smallest absolute Gasteiger partial charge is 0.00532 e. The van der Waals surface area contributed by atoms with E-state index >= 15 is 0 Å². The van der Waals surface area contributed by atoms with E-state index < -0.39 is 0 Å². The summed E-state index contributed by atoms with van der Waals surface area (Å²) in [6.45, 7) is 5.07. The fourth-order valence-electron chi connectivity index (χ4n) is 0.937. The average Bonchev–Trinajstić information content (AvgIpc) is 1.63. The Morgan fingerprint density at radius 1 is 1.33 bits per heavy atom. The van der Waals surface area contributed by atoms with Gasteiger partial charge in [0.15, 0.2) is 0 Å².